The smallest absolute Gasteiger partial charge is 0.240 e. The Morgan fingerprint density at radius 3 is 2.65 bits per heavy atom. The lowest BCUT2D eigenvalue weighted by Gasteiger charge is -2.28. The minimum atomic E-state index is -3.50. The number of hydrogen-bond donors (Lipinski definition) is 2. The maximum Gasteiger partial charge on any atom is 0.240 e. The molecule has 0 amide bonds. The second-order valence-electron chi connectivity index (χ2n) is 5.61. The van der Waals surface area contributed by atoms with E-state index in [0.29, 0.717) is 11.5 Å². The molecule has 0 aliphatic heterocycles. The second-order valence-corrected chi connectivity index (χ2v) is 7.33. The number of sulfonamides is 1. The molecule has 0 spiro atoms. The van der Waals surface area contributed by atoms with Gasteiger partial charge in [0.2, 0.25) is 10.0 Å². The van der Waals surface area contributed by atoms with Crippen molar-refractivity contribution in [3.8, 4) is 0 Å². The molecular formula is C15H23NO3S. The Bertz CT molecular complexity index is 536. The predicted molar refractivity (Wildman–Crippen MR) is 78.7 cm³/mol. The van der Waals surface area contributed by atoms with Crippen LogP contribution in [0.15, 0.2) is 29.2 Å². The van der Waals surface area contributed by atoms with E-state index in [1.54, 1.807) is 18.2 Å². The van der Waals surface area contributed by atoms with Crippen molar-refractivity contribution >= 4 is 10.0 Å². The molecule has 1 unspecified atom stereocenters. The van der Waals surface area contributed by atoms with Crippen molar-refractivity contribution in [2.45, 2.75) is 56.6 Å². The lowest BCUT2D eigenvalue weighted by Crippen LogP contribution is -2.38. The molecule has 20 heavy (non-hydrogen) atoms. The summed E-state index contributed by atoms with van der Waals surface area (Å²) in [4.78, 5) is 0.228. The van der Waals surface area contributed by atoms with Crippen LogP contribution in [0.5, 0.6) is 0 Å². The Morgan fingerprint density at radius 2 is 2.00 bits per heavy atom. The Morgan fingerprint density at radius 1 is 1.30 bits per heavy atom. The van der Waals surface area contributed by atoms with Crippen LogP contribution in [0.1, 0.15) is 44.6 Å². The van der Waals surface area contributed by atoms with Crippen LogP contribution in [0.3, 0.4) is 0 Å². The highest BCUT2D eigenvalue weighted by Gasteiger charge is 2.25. The Labute approximate surface area is 121 Å². The first kappa shape index (κ1) is 15.5. The largest absolute Gasteiger partial charge is 0.392 e. The maximum absolute atomic E-state index is 12.4. The van der Waals surface area contributed by atoms with Crippen LogP contribution in [0.4, 0.5) is 0 Å². The lowest BCUT2D eigenvalue weighted by molar-refractivity contribution is 0.281. The molecule has 1 aliphatic carbocycles. The van der Waals surface area contributed by atoms with E-state index in [4.69, 9.17) is 5.11 Å². The standard InChI is InChI=1S/C15H23NO3S/c1-12(14-7-3-2-4-8-14)16-20(18,19)15-9-5-6-13(10-15)11-17/h5-6,9-10,12,14,16-17H,2-4,7-8,11H2,1H3. The van der Waals surface area contributed by atoms with E-state index >= 15 is 0 Å². The van der Waals surface area contributed by atoms with Crippen molar-refractivity contribution in [2.24, 2.45) is 5.92 Å². The van der Waals surface area contributed by atoms with Crippen LogP contribution in [-0.2, 0) is 16.6 Å². The van der Waals surface area contributed by atoms with E-state index in [0.717, 1.165) is 12.8 Å². The SMILES string of the molecule is CC(NS(=O)(=O)c1cccc(CO)c1)C1CCCCC1. The summed E-state index contributed by atoms with van der Waals surface area (Å²) in [5, 5.41) is 9.10. The minimum Gasteiger partial charge on any atom is -0.392 e. The third-order valence-corrected chi connectivity index (χ3v) is 5.65. The van der Waals surface area contributed by atoms with E-state index in [1.165, 1.54) is 25.3 Å². The van der Waals surface area contributed by atoms with Gasteiger partial charge in [-0.25, -0.2) is 13.1 Å². The van der Waals surface area contributed by atoms with Gasteiger partial charge in [-0.2, -0.15) is 0 Å². The highest BCUT2D eigenvalue weighted by Crippen LogP contribution is 2.27. The Kier molecular flexibility index (Phi) is 5.18. The molecule has 1 saturated carbocycles. The molecule has 1 fully saturated rings. The molecule has 0 heterocycles. The molecule has 0 aromatic heterocycles. The van der Waals surface area contributed by atoms with E-state index in [2.05, 4.69) is 4.72 Å². The fourth-order valence-electron chi connectivity index (χ4n) is 2.85. The van der Waals surface area contributed by atoms with Crippen LogP contribution in [0, 0.1) is 5.92 Å². The van der Waals surface area contributed by atoms with E-state index < -0.39 is 10.0 Å². The van der Waals surface area contributed by atoms with Gasteiger partial charge in [0, 0.05) is 6.04 Å². The van der Waals surface area contributed by atoms with E-state index in [-0.39, 0.29) is 17.5 Å². The molecule has 1 aliphatic rings. The van der Waals surface area contributed by atoms with Gasteiger partial charge in [0.1, 0.15) is 0 Å². The van der Waals surface area contributed by atoms with Crippen LogP contribution >= 0.6 is 0 Å². The number of rotatable bonds is 5. The zero-order chi connectivity index (χ0) is 14.6. The first-order valence-corrected chi connectivity index (χ1v) is 8.73. The number of benzene rings is 1. The van der Waals surface area contributed by atoms with Crippen molar-refractivity contribution in [2.75, 3.05) is 0 Å². The summed E-state index contributed by atoms with van der Waals surface area (Å²) in [5.41, 5.74) is 0.609. The molecule has 0 bridgehead atoms. The molecule has 0 saturated heterocycles. The van der Waals surface area contributed by atoms with Gasteiger partial charge in [0.15, 0.2) is 0 Å². The van der Waals surface area contributed by atoms with Crippen molar-refractivity contribution in [3.05, 3.63) is 29.8 Å². The number of hydrogen-bond acceptors (Lipinski definition) is 3. The summed E-state index contributed by atoms with van der Waals surface area (Å²) in [5.74, 6) is 0.430. The first-order chi connectivity index (χ1) is 9.53. The van der Waals surface area contributed by atoms with Gasteiger partial charge in [-0.15, -0.1) is 0 Å². The zero-order valence-electron chi connectivity index (χ0n) is 11.9. The van der Waals surface area contributed by atoms with Gasteiger partial charge < -0.3 is 5.11 Å². The fraction of sp³-hybridized carbons (Fsp3) is 0.600. The molecule has 1 atom stereocenters. The van der Waals surface area contributed by atoms with Crippen LogP contribution in [0.25, 0.3) is 0 Å². The summed E-state index contributed by atoms with van der Waals surface area (Å²) >= 11 is 0. The molecule has 2 N–H and O–H groups in total. The topological polar surface area (TPSA) is 66.4 Å². The minimum absolute atomic E-state index is 0.0434. The van der Waals surface area contributed by atoms with Gasteiger partial charge in [-0.3, -0.25) is 0 Å². The van der Waals surface area contributed by atoms with Gasteiger partial charge in [-0.05, 0) is 43.4 Å². The molecule has 2 rings (SSSR count). The Balaban J connectivity index is 2.09. The predicted octanol–water partition coefficient (Wildman–Crippen LogP) is 2.43. The quantitative estimate of drug-likeness (QED) is 0.877. The van der Waals surface area contributed by atoms with Crippen LogP contribution in [-0.4, -0.2) is 19.6 Å². The van der Waals surface area contributed by atoms with Crippen molar-refractivity contribution in [1.29, 1.82) is 0 Å². The third-order valence-electron chi connectivity index (χ3n) is 4.09. The van der Waals surface area contributed by atoms with Gasteiger partial charge in [-0.1, -0.05) is 31.4 Å². The molecule has 1 aromatic carbocycles. The summed E-state index contributed by atoms with van der Waals surface area (Å²) in [6, 6.07) is 6.41. The van der Waals surface area contributed by atoms with Crippen molar-refractivity contribution < 1.29 is 13.5 Å². The monoisotopic (exact) mass is 297 g/mol. The fourth-order valence-corrected chi connectivity index (χ4v) is 4.24. The summed E-state index contributed by atoms with van der Waals surface area (Å²) in [6.07, 6.45) is 5.84. The average molecular weight is 297 g/mol. The molecule has 5 heteroatoms. The maximum atomic E-state index is 12.4. The average Bonchev–Trinajstić information content (AvgIpc) is 2.48. The highest BCUT2D eigenvalue weighted by atomic mass is 32.2. The normalized spacial score (nSPS) is 18.9. The number of aliphatic hydroxyl groups excluding tert-OH is 1. The summed E-state index contributed by atoms with van der Waals surface area (Å²) in [6.45, 7) is 1.80. The second kappa shape index (κ2) is 6.70. The van der Waals surface area contributed by atoms with Gasteiger partial charge in [0.05, 0.1) is 11.5 Å². The molecule has 112 valence electrons. The van der Waals surface area contributed by atoms with E-state index in [1.807, 2.05) is 6.92 Å². The molecular weight excluding hydrogens is 274 g/mol. The first-order valence-electron chi connectivity index (χ1n) is 7.25. The highest BCUT2D eigenvalue weighted by molar-refractivity contribution is 7.89. The van der Waals surface area contributed by atoms with Crippen molar-refractivity contribution in [1.82, 2.24) is 4.72 Å². The number of nitrogens with one attached hydrogen (secondary N) is 1. The van der Waals surface area contributed by atoms with Crippen LogP contribution in [0.2, 0.25) is 0 Å². The van der Waals surface area contributed by atoms with Gasteiger partial charge in [0.25, 0.3) is 0 Å². The Hall–Kier alpha value is -0.910. The summed E-state index contributed by atoms with van der Waals surface area (Å²) < 4.78 is 27.5. The summed E-state index contributed by atoms with van der Waals surface area (Å²) in [7, 11) is -3.50. The third kappa shape index (κ3) is 3.81. The molecule has 0 radical (unpaired) electrons. The lowest BCUT2D eigenvalue weighted by atomic mass is 9.85. The van der Waals surface area contributed by atoms with Crippen molar-refractivity contribution in [3.63, 3.8) is 0 Å². The number of aliphatic hydroxyl groups is 1. The van der Waals surface area contributed by atoms with Gasteiger partial charge >= 0.3 is 0 Å². The molecule has 4 nitrogen and oxygen atoms in total. The van der Waals surface area contributed by atoms with Crippen LogP contribution < -0.4 is 4.72 Å². The van der Waals surface area contributed by atoms with E-state index in [9.17, 15) is 8.42 Å². The zero-order valence-corrected chi connectivity index (χ0v) is 12.7. The molecule has 1 aromatic rings.